The van der Waals surface area contributed by atoms with Crippen molar-refractivity contribution in [3.05, 3.63) is 84.1 Å². The van der Waals surface area contributed by atoms with Gasteiger partial charge in [-0.25, -0.2) is 9.37 Å². The Morgan fingerprint density at radius 1 is 1.18 bits per heavy atom. The van der Waals surface area contributed by atoms with Crippen LogP contribution in [0.3, 0.4) is 0 Å². The summed E-state index contributed by atoms with van der Waals surface area (Å²) in [4.78, 5) is 25.5. The lowest BCUT2D eigenvalue weighted by atomic mass is 10.1. The van der Waals surface area contributed by atoms with Gasteiger partial charge < -0.3 is 9.14 Å². The van der Waals surface area contributed by atoms with Gasteiger partial charge in [0.15, 0.2) is 5.78 Å². The number of aryl methyl sites for hydroxylation is 1. The van der Waals surface area contributed by atoms with E-state index in [9.17, 15) is 9.18 Å². The number of halogens is 1. The van der Waals surface area contributed by atoms with E-state index >= 15 is 0 Å². The molecule has 0 saturated carbocycles. The highest BCUT2D eigenvalue weighted by Crippen LogP contribution is 2.25. The minimum absolute atomic E-state index is 0.125. The van der Waals surface area contributed by atoms with Gasteiger partial charge in [-0.15, -0.1) is 0 Å². The van der Waals surface area contributed by atoms with Gasteiger partial charge in [-0.1, -0.05) is 13.0 Å². The molecule has 0 spiro atoms. The summed E-state index contributed by atoms with van der Waals surface area (Å²) in [5.41, 5.74) is 2.58. The largest absolute Gasteiger partial charge is 0.454 e. The number of carbonyl (C=O) groups is 1. The van der Waals surface area contributed by atoms with Crippen LogP contribution in [-0.4, -0.2) is 25.1 Å². The monoisotopic (exact) mass is 376 g/mol. The first kappa shape index (κ1) is 17.8. The zero-order chi connectivity index (χ0) is 19.5. The predicted molar refractivity (Wildman–Crippen MR) is 101 cm³/mol. The summed E-state index contributed by atoms with van der Waals surface area (Å²) in [6.07, 6.45) is 8.47. The molecule has 4 rings (SSSR count). The van der Waals surface area contributed by atoms with Crippen molar-refractivity contribution in [3.8, 4) is 11.5 Å². The fraction of sp³-hybridized carbons (Fsp3) is 0.143. The van der Waals surface area contributed by atoms with Crippen LogP contribution in [0.4, 0.5) is 4.39 Å². The van der Waals surface area contributed by atoms with Gasteiger partial charge in [0.1, 0.15) is 23.0 Å². The van der Waals surface area contributed by atoms with Crippen LogP contribution in [0.1, 0.15) is 28.7 Å². The Kier molecular flexibility index (Phi) is 4.80. The molecular weight excluding hydrogens is 359 g/mol. The Hall–Kier alpha value is -3.61. The molecule has 4 aromatic rings. The maximum Gasteiger partial charge on any atom is 0.172 e. The van der Waals surface area contributed by atoms with Crippen LogP contribution in [0.2, 0.25) is 0 Å². The summed E-state index contributed by atoms with van der Waals surface area (Å²) in [5.74, 6) is 0.00542. The minimum atomic E-state index is -0.501. The van der Waals surface area contributed by atoms with Crippen molar-refractivity contribution in [1.82, 2.24) is 19.4 Å². The number of ketones is 1. The number of carbonyl (C=O) groups excluding carboxylic acids is 1. The molecule has 0 aliphatic heterocycles. The summed E-state index contributed by atoms with van der Waals surface area (Å²) in [7, 11) is 0. The van der Waals surface area contributed by atoms with E-state index in [1.54, 1.807) is 29.1 Å². The molecule has 0 saturated heterocycles. The first-order valence-corrected chi connectivity index (χ1v) is 8.85. The summed E-state index contributed by atoms with van der Waals surface area (Å²) < 4.78 is 20.8. The average molecular weight is 376 g/mol. The number of hydrogen-bond donors (Lipinski definition) is 0. The quantitative estimate of drug-likeness (QED) is 0.475. The second-order valence-corrected chi connectivity index (χ2v) is 6.26. The highest BCUT2D eigenvalue weighted by molar-refractivity contribution is 6.02. The van der Waals surface area contributed by atoms with Crippen LogP contribution >= 0.6 is 0 Å². The molecule has 0 bridgehead atoms. The Morgan fingerprint density at radius 2 is 2.04 bits per heavy atom. The van der Waals surface area contributed by atoms with Crippen LogP contribution in [-0.2, 0) is 12.8 Å². The van der Waals surface area contributed by atoms with Crippen LogP contribution in [0, 0.1) is 5.82 Å². The fourth-order valence-electron chi connectivity index (χ4n) is 2.94. The topological polar surface area (TPSA) is 69.4 Å². The number of pyridine rings is 3. The Balaban J connectivity index is 1.67. The number of ether oxygens (including phenoxy) is 1. The summed E-state index contributed by atoms with van der Waals surface area (Å²) in [6, 6.07) is 8.50. The second kappa shape index (κ2) is 7.56. The van der Waals surface area contributed by atoms with E-state index in [1.807, 2.05) is 25.1 Å². The molecule has 0 N–H and O–H groups in total. The highest BCUT2D eigenvalue weighted by atomic mass is 19.1. The van der Waals surface area contributed by atoms with Gasteiger partial charge in [-0.2, -0.15) is 0 Å². The highest BCUT2D eigenvalue weighted by Gasteiger charge is 2.16. The van der Waals surface area contributed by atoms with Crippen LogP contribution in [0.25, 0.3) is 5.65 Å². The molecule has 0 amide bonds. The molecule has 0 fully saturated rings. The molecule has 0 aliphatic carbocycles. The standard InChI is InChI=1S/C21H17FN4O2/c1-2-15-4-3-5-16(25-15)9-20(27)19-10-18(13-26-7-6-24-21(19)26)28-17-8-14(22)11-23-12-17/h3-8,10-13H,2,9H2,1H3. The van der Waals surface area contributed by atoms with Crippen molar-refractivity contribution in [3.63, 3.8) is 0 Å². The van der Waals surface area contributed by atoms with E-state index in [-0.39, 0.29) is 18.0 Å². The first-order chi connectivity index (χ1) is 13.6. The van der Waals surface area contributed by atoms with Gasteiger partial charge in [0.2, 0.25) is 0 Å². The summed E-state index contributed by atoms with van der Waals surface area (Å²) in [5, 5.41) is 0. The number of Topliss-reactive ketones (excluding diaryl/α,β-unsaturated/α-hetero) is 1. The molecular formula is C21H17FN4O2. The molecule has 0 unspecified atom stereocenters. The number of aromatic nitrogens is 4. The predicted octanol–water partition coefficient (Wildman–Crippen LogP) is 4.04. The summed E-state index contributed by atoms with van der Waals surface area (Å²) >= 11 is 0. The van der Waals surface area contributed by atoms with Gasteiger partial charge in [0.05, 0.1) is 30.6 Å². The Labute approximate surface area is 160 Å². The van der Waals surface area contributed by atoms with Crippen LogP contribution < -0.4 is 4.74 Å². The van der Waals surface area contributed by atoms with Gasteiger partial charge in [-0.05, 0) is 24.6 Å². The second-order valence-electron chi connectivity index (χ2n) is 6.26. The number of hydrogen-bond acceptors (Lipinski definition) is 5. The molecule has 0 atom stereocenters. The zero-order valence-electron chi connectivity index (χ0n) is 15.2. The third-order valence-electron chi connectivity index (χ3n) is 4.25. The minimum Gasteiger partial charge on any atom is -0.454 e. The lowest BCUT2D eigenvalue weighted by molar-refractivity contribution is 0.0992. The smallest absolute Gasteiger partial charge is 0.172 e. The van der Waals surface area contributed by atoms with Crippen molar-refractivity contribution in [2.24, 2.45) is 0 Å². The third kappa shape index (κ3) is 3.73. The first-order valence-electron chi connectivity index (χ1n) is 8.85. The van der Waals surface area contributed by atoms with E-state index in [2.05, 4.69) is 15.0 Å². The van der Waals surface area contributed by atoms with Crippen molar-refractivity contribution in [1.29, 1.82) is 0 Å². The zero-order valence-corrected chi connectivity index (χ0v) is 15.2. The number of imidazole rings is 1. The SMILES string of the molecule is CCc1cccc(CC(=O)c2cc(Oc3cncc(F)c3)cn3ccnc23)n1. The third-order valence-corrected chi connectivity index (χ3v) is 4.25. The lowest BCUT2D eigenvalue weighted by Gasteiger charge is -2.09. The van der Waals surface area contributed by atoms with Gasteiger partial charge in [-0.3, -0.25) is 14.8 Å². The molecule has 28 heavy (non-hydrogen) atoms. The van der Waals surface area contributed by atoms with E-state index in [1.165, 1.54) is 12.3 Å². The molecule has 4 heterocycles. The van der Waals surface area contributed by atoms with E-state index in [0.717, 1.165) is 18.3 Å². The molecule has 6 nitrogen and oxygen atoms in total. The van der Waals surface area contributed by atoms with Crippen molar-refractivity contribution < 1.29 is 13.9 Å². The molecule has 0 radical (unpaired) electrons. The maximum atomic E-state index is 13.4. The molecule has 140 valence electrons. The van der Waals surface area contributed by atoms with Crippen molar-refractivity contribution >= 4 is 11.4 Å². The van der Waals surface area contributed by atoms with Crippen molar-refractivity contribution in [2.45, 2.75) is 19.8 Å². The number of rotatable bonds is 6. The summed E-state index contributed by atoms with van der Waals surface area (Å²) in [6.45, 7) is 2.02. The maximum absolute atomic E-state index is 13.4. The number of nitrogens with zero attached hydrogens (tertiary/aromatic N) is 4. The van der Waals surface area contributed by atoms with Gasteiger partial charge in [0.25, 0.3) is 0 Å². The molecule has 4 aromatic heterocycles. The normalized spacial score (nSPS) is 10.9. The van der Waals surface area contributed by atoms with E-state index in [4.69, 9.17) is 4.74 Å². The van der Waals surface area contributed by atoms with E-state index < -0.39 is 5.82 Å². The van der Waals surface area contributed by atoms with Crippen LogP contribution in [0.5, 0.6) is 11.5 Å². The lowest BCUT2D eigenvalue weighted by Crippen LogP contribution is -2.08. The Bertz CT molecular complexity index is 1160. The molecule has 7 heteroatoms. The molecule has 0 aliphatic rings. The number of fused-ring (bicyclic) bond motifs is 1. The van der Waals surface area contributed by atoms with Gasteiger partial charge >= 0.3 is 0 Å². The van der Waals surface area contributed by atoms with Gasteiger partial charge in [0, 0.05) is 29.8 Å². The average Bonchev–Trinajstić information content (AvgIpc) is 3.16. The molecule has 0 aromatic carbocycles. The Morgan fingerprint density at radius 3 is 2.86 bits per heavy atom. The van der Waals surface area contributed by atoms with Crippen molar-refractivity contribution in [2.75, 3.05) is 0 Å². The fourth-order valence-corrected chi connectivity index (χ4v) is 2.94. The van der Waals surface area contributed by atoms with E-state index in [0.29, 0.717) is 22.7 Å². The van der Waals surface area contributed by atoms with Crippen LogP contribution in [0.15, 0.2) is 61.3 Å².